The Kier molecular flexibility index (Phi) is 3.86. The predicted molar refractivity (Wildman–Crippen MR) is 105 cm³/mol. The molecule has 2 unspecified atom stereocenters. The fourth-order valence-electron chi connectivity index (χ4n) is 4.79. The Balaban J connectivity index is 1.52. The van der Waals surface area contributed by atoms with Gasteiger partial charge in [-0.25, -0.2) is 0 Å². The van der Waals surface area contributed by atoms with E-state index in [0.29, 0.717) is 0 Å². The van der Waals surface area contributed by atoms with E-state index in [9.17, 15) is 4.79 Å². The first-order valence-electron chi connectivity index (χ1n) is 9.85. The van der Waals surface area contributed by atoms with E-state index in [1.165, 1.54) is 0 Å². The molecule has 2 aliphatic heterocycles. The second-order valence-corrected chi connectivity index (χ2v) is 7.89. The normalized spacial score (nSPS) is 20.9. The number of carbonyl (C=O) groups is 1. The van der Waals surface area contributed by atoms with Crippen molar-refractivity contribution in [1.29, 1.82) is 0 Å². The van der Waals surface area contributed by atoms with Crippen LogP contribution < -0.4 is 0 Å². The van der Waals surface area contributed by atoms with Crippen molar-refractivity contribution in [1.82, 2.24) is 29.4 Å². The summed E-state index contributed by atoms with van der Waals surface area (Å²) >= 11 is 0. The van der Waals surface area contributed by atoms with Crippen molar-refractivity contribution in [2.45, 2.75) is 51.7 Å². The average Bonchev–Trinajstić information content (AvgIpc) is 3.29. The minimum Gasteiger partial charge on any atom is -0.330 e. The number of amides is 1. The molecular weight excluding hydrogens is 352 g/mol. The van der Waals surface area contributed by atoms with Gasteiger partial charge in [0.15, 0.2) is 5.82 Å². The van der Waals surface area contributed by atoms with E-state index < -0.39 is 0 Å². The zero-order valence-electron chi connectivity index (χ0n) is 16.5. The molecule has 0 spiro atoms. The summed E-state index contributed by atoms with van der Waals surface area (Å²) in [6.07, 6.45) is 2.78. The van der Waals surface area contributed by atoms with E-state index in [-0.39, 0.29) is 18.0 Å². The molecule has 2 aromatic heterocycles. The van der Waals surface area contributed by atoms with Gasteiger partial charge in [0.05, 0.1) is 17.3 Å². The highest BCUT2D eigenvalue weighted by molar-refractivity contribution is 5.97. The van der Waals surface area contributed by atoms with E-state index in [4.69, 9.17) is 0 Å². The molecule has 2 atom stereocenters. The van der Waals surface area contributed by atoms with Crippen LogP contribution in [-0.2, 0) is 20.0 Å². The predicted octanol–water partition coefficient (Wildman–Crippen LogP) is 2.52. The molecule has 1 fully saturated rings. The maximum absolute atomic E-state index is 13.5. The molecule has 1 amide bonds. The van der Waals surface area contributed by atoms with Gasteiger partial charge in [-0.3, -0.25) is 9.48 Å². The van der Waals surface area contributed by atoms with Crippen molar-refractivity contribution in [2.75, 3.05) is 0 Å². The van der Waals surface area contributed by atoms with Gasteiger partial charge < -0.3 is 9.47 Å². The van der Waals surface area contributed by atoms with Gasteiger partial charge in [0.25, 0.3) is 5.91 Å². The molecule has 7 heteroatoms. The Bertz CT molecular complexity index is 1050. The molecule has 3 aromatic rings. The van der Waals surface area contributed by atoms with Crippen LogP contribution in [0.4, 0.5) is 0 Å². The van der Waals surface area contributed by atoms with Crippen LogP contribution in [-0.4, -0.2) is 47.4 Å². The Morgan fingerprint density at radius 2 is 1.82 bits per heavy atom. The average molecular weight is 376 g/mol. The van der Waals surface area contributed by atoms with Gasteiger partial charge in [0.1, 0.15) is 5.82 Å². The third-order valence-corrected chi connectivity index (χ3v) is 6.25. The number of benzene rings is 1. The highest BCUT2D eigenvalue weighted by Crippen LogP contribution is 2.35. The molecule has 144 valence electrons. The van der Waals surface area contributed by atoms with Gasteiger partial charge in [0.2, 0.25) is 0 Å². The molecule has 0 radical (unpaired) electrons. The van der Waals surface area contributed by atoms with Crippen LogP contribution in [0.1, 0.15) is 40.4 Å². The topological polar surface area (TPSA) is 68.8 Å². The summed E-state index contributed by atoms with van der Waals surface area (Å²) in [5.41, 5.74) is 3.55. The molecule has 1 saturated heterocycles. The van der Waals surface area contributed by atoms with Crippen LogP contribution in [0.2, 0.25) is 0 Å². The number of carbonyl (C=O) groups excluding carboxylic acids is 1. The van der Waals surface area contributed by atoms with Gasteiger partial charge in [-0.1, -0.05) is 30.3 Å². The van der Waals surface area contributed by atoms with Gasteiger partial charge in [0, 0.05) is 37.3 Å². The van der Waals surface area contributed by atoms with E-state index in [0.717, 1.165) is 60.0 Å². The monoisotopic (exact) mass is 376 g/mol. The van der Waals surface area contributed by atoms with Crippen molar-refractivity contribution in [3.63, 3.8) is 0 Å². The molecule has 0 saturated carbocycles. The summed E-state index contributed by atoms with van der Waals surface area (Å²) in [4.78, 5) is 15.6. The SMILES string of the molecule is Cc1nn(C)c(C)c1C(=O)N1C2CCC1Cn1c(nnc1-c1ccccc1)C2. The number of fused-ring (bicyclic) bond motifs is 3. The summed E-state index contributed by atoms with van der Waals surface area (Å²) in [5.74, 6) is 1.98. The van der Waals surface area contributed by atoms with Gasteiger partial charge in [-0.15, -0.1) is 10.2 Å². The Hall–Kier alpha value is -2.96. The highest BCUT2D eigenvalue weighted by Gasteiger charge is 2.42. The molecule has 28 heavy (non-hydrogen) atoms. The molecule has 0 aliphatic carbocycles. The second kappa shape index (κ2) is 6.29. The Morgan fingerprint density at radius 3 is 2.54 bits per heavy atom. The number of aromatic nitrogens is 5. The van der Waals surface area contributed by atoms with Crippen LogP contribution in [0.3, 0.4) is 0 Å². The lowest BCUT2D eigenvalue weighted by atomic mass is 10.1. The van der Waals surface area contributed by atoms with Crippen molar-refractivity contribution in [3.05, 3.63) is 53.1 Å². The first kappa shape index (κ1) is 17.2. The largest absolute Gasteiger partial charge is 0.330 e. The maximum atomic E-state index is 13.5. The summed E-state index contributed by atoms with van der Waals surface area (Å²) < 4.78 is 4.01. The molecule has 7 nitrogen and oxygen atoms in total. The molecule has 1 aromatic carbocycles. The van der Waals surface area contributed by atoms with Gasteiger partial charge in [-0.2, -0.15) is 5.10 Å². The second-order valence-electron chi connectivity index (χ2n) is 7.89. The lowest BCUT2D eigenvalue weighted by molar-refractivity contribution is 0.0664. The zero-order chi connectivity index (χ0) is 19.4. The number of nitrogens with zero attached hydrogens (tertiary/aromatic N) is 6. The first-order chi connectivity index (χ1) is 13.5. The summed E-state index contributed by atoms with van der Waals surface area (Å²) in [5, 5.41) is 13.4. The zero-order valence-corrected chi connectivity index (χ0v) is 16.5. The van der Waals surface area contributed by atoms with Gasteiger partial charge >= 0.3 is 0 Å². The van der Waals surface area contributed by atoms with Crippen LogP contribution in [0, 0.1) is 13.8 Å². The Morgan fingerprint density at radius 1 is 1.07 bits per heavy atom. The molecule has 4 heterocycles. The molecule has 2 bridgehead atoms. The number of hydrogen-bond donors (Lipinski definition) is 0. The Labute approximate surface area is 164 Å². The maximum Gasteiger partial charge on any atom is 0.258 e. The van der Waals surface area contributed by atoms with Crippen LogP contribution in [0.25, 0.3) is 11.4 Å². The third-order valence-electron chi connectivity index (χ3n) is 6.25. The van der Waals surface area contributed by atoms with Crippen LogP contribution >= 0.6 is 0 Å². The highest BCUT2D eigenvalue weighted by atomic mass is 16.2. The number of aryl methyl sites for hydroxylation is 2. The van der Waals surface area contributed by atoms with Crippen LogP contribution in [0.5, 0.6) is 0 Å². The number of rotatable bonds is 2. The smallest absolute Gasteiger partial charge is 0.258 e. The van der Waals surface area contributed by atoms with E-state index in [1.54, 1.807) is 4.68 Å². The fourth-order valence-corrected chi connectivity index (χ4v) is 4.79. The standard InChI is InChI=1S/C21H24N6O/c1-13-19(14(2)25(3)24-13)21(28)27-16-9-10-17(27)12-26-18(11-16)22-23-20(26)15-7-5-4-6-8-15/h4-8,16-17H,9-12H2,1-3H3. The van der Waals surface area contributed by atoms with Crippen molar-refractivity contribution >= 4 is 5.91 Å². The summed E-state index contributed by atoms with van der Waals surface area (Å²) in [6.45, 7) is 4.63. The summed E-state index contributed by atoms with van der Waals surface area (Å²) in [6, 6.07) is 10.5. The van der Waals surface area contributed by atoms with Gasteiger partial charge in [-0.05, 0) is 26.7 Å². The van der Waals surface area contributed by atoms with E-state index >= 15 is 0 Å². The van der Waals surface area contributed by atoms with Crippen molar-refractivity contribution < 1.29 is 4.79 Å². The third kappa shape index (κ3) is 2.49. The quantitative estimate of drug-likeness (QED) is 0.689. The minimum atomic E-state index is 0.107. The molecular formula is C21H24N6O. The van der Waals surface area contributed by atoms with Crippen molar-refractivity contribution in [3.8, 4) is 11.4 Å². The molecule has 2 aliphatic rings. The molecule has 5 rings (SSSR count). The van der Waals surface area contributed by atoms with E-state index in [1.807, 2.05) is 39.1 Å². The first-order valence-corrected chi connectivity index (χ1v) is 9.85. The van der Waals surface area contributed by atoms with Crippen molar-refractivity contribution in [2.24, 2.45) is 7.05 Å². The lowest BCUT2D eigenvalue weighted by Crippen LogP contribution is -2.42. The minimum absolute atomic E-state index is 0.107. The lowest BCUT2D eigenvalue weighted by Gasteiger charge is -2.28. The van der Waals surface area contributed by atoms with E-state index in [2.05, 4.69) is 36.9 Å². The fraction of sp³-hybridized carbons (Fsp3) is 0.429. The summed E-state index contributed by atoms with van der Waals surface area (Å²) in [7, 11) is 1.89. The number of hydrogen-bond acceptors (Lipinski definition) is 4. The van der Waals surface area contributed by atoms with Crippen LogP contribution in [0.15, 0.2) is 30.3 Å². The molecule has 0 N–H and O–H groups in total.